The quantitative estimate of drug-likeness (QED) is 0.593. The van der Waals surface area contributed by atoms with Crippen LogP contribution in [-0.2, 0) is 9.84 Å². The van der Waals surface area contributed by atoms with Crippen molar-refractivity contribution in [2.75, 3.05) is 6.26 Å². The first-order chi connectivity index (χ1) is 7.39. The third-order valence-electron chi connectivity index (χ3n) is 2.79. The summed E-state index contributed by atoms with van der Waals surface area (Å²) in [7, 11) is -3.03. The molecular weight excluding hydrogens is 230 g/mol. The van der Waals surface area contributed by atoms with Crippen LogP contribution in [0, 0.1) is 10.1 Å². The van der Waals surface area contributed by atoms with Crippen LogP contribution in [0.25, 0.3) is 0 Å². The van der Waals surface area contributed by atoms with Gasteiger partial charge in [-0.05, 0) is 12.0 Å². The molecule has 0 aromatic heterocycles. The minimum atomic E-state index is -3.03. The zero-order chi connectivity index (χ0) is 11.9. The largest absolute Gasteiger partial charge is 0.269 e. The lowest BCUT2D eigenvalue weighted by Gasteiger charge is -1.99. The predicted octanol–water partition coefficient (Wildman–Crippen LogP) is 1.50. The van der Waals surface area contributed by atoms with Gasteiger partial charge >= 0.3 is 0 Å². The number of rotatable bonds is 3. The Morgan fingerprint density at radius 3 is 2.62 bits per heavy atom. The van der Waals surface area contributed by atoms with Gasteiger partial charge in [0.2, 0.25) is 0 Å². The Morgan fingerprint density at radius 2 is 2.12 bits per heavy atom. The van der Waals surface area contributed by atoms with Crippen molar-refractivity contribution in [1.82, 2.24) is 0 Å². The van der Waals surface area contributed by atoms with Crippen LogP contribution in [0.5, 0.6) is 0 Å². The maximum absolute atomic E-state index is 11.3. The van der Waals surface area contributed by atoms with E-state index in [1.165, 1.54) is 18.4 Å². The number of benzene rings is 1. The van der Waals surface area contributed by atoms with Crippen LogP contribution in [0.15, 0.2) is 24.3 Å². The molecule has 1 fully saturated rings. The van der Waals surface area contributed by atoms with Crippen LogP contribution >= 0.6 is 0 Å². The summed E-state index contributed by atoms with van der Waals surface area (Å²) in [6.45, 7) is 0. The van der Waals surface area contributed by atoms with Crippen LogP contribution in [0.3, 0.4) is 0 Å². The van der Waals surface area contributed by atoms with Crippen LogP contribution in [0.2, 0.25) is 0 Å². The standard InChI is InChI=1S/C10H11NO4S/c1-16(14,15)10-6-9(10)7-3-2-4-8(5-7)11(12)13/h2-5,9-10H,6H2,1H3. The van der Waals surface area contributed by atoms with E-state index in [2.05, 4.69) is 0 Å². The first-order valence-electron chi connectivity index (χ1n) is 4.83. The summed E-state index contributed by atoms with van der Waals surface area (Å²) in [5, 5.41) is 10.2. The number of nitro groups is 1. The number of hydrogen-bond acceptors (Lipinski definition) is 4. The zero-order valence-electron chi connectivity index (χ0n) is 8.66. The summed E-state index contributed by atoms with van der Waals surface area (Å²) in [6.07, 6.45) is 1.77. The first-order valence-corrected chi connectivity index (χ1v) is 6.78. The fourth-order valence-corrected chi connectivity index (χ4v) is 3.18. The molecule has 1 aliphatic rings. The lowest BCUT2D eigenvalue weighted by atomic mass is 10.1. The van der Waals surface area contributed by atoms with E-state index >= 15 is 0 Å². The summed E-state index contributed by atoms with van der Waals surface area (Å²) in [6, 6.07) is 6.19. The number of nitrogens with zero attached hydrogens (tertiary/aromatic N) is 1. The predicted molar refractivity (Wildman–Crippen MR) is 59.1 cm³/mol. The first kappa shape index (κ1) is 11.1. The third-order valence-corrected chi connectivity index (χ3v) is 4.41. The molecule has 0 N–H and O–H groups in total. The Kier molecular flexibility index (Phi) is 2.46. The van der Waals surface area contributed by atoms with Crippen molar-refractivity contribution in [2.24, 2.45) is 0 Å². The molecule has 2 unspecified atom stereocenters. The van der Waals surface area contributed by atoms with E-state index in [1.807, 2.05) is 0 Å². The maximum atomic E-state index is 11.3. The fraction of sp³-hybridized carbons (Fsp3) is 0.400. The Balaban J connectivity index is 2.25. The van der Waals surface area contributed by atoms with E-state index in [9.17, 15) is 18.5 Å². The van der Waals surface area contributed by atoms with Gasteiger partial charge in [0.25, 0.3) is 5.69 Å². The second-order valence-electron chi connectivity index (χ2n) is 4.06. The minimum Gasteiger partial charge on any atom is -0.258 e. The van der Waals surface area contributed by atoms with E-state index < -0.39 is 14.8 Å². The van der Waals surface area contributed by atoms with Crippen LogP contribution in [0.4, 0.5) is 5.69 Å². The van der Waals surface area contributed by atoms with Crippen molar-refractivity contribution >= 4 is 15.5 Å². The lowest BCUT2D eigenvalue weighted by Crippen LogP contribution is -2.05. The summed E-state index contributed by atoms with van der Waals surface area (Å²) >= 11 is 0. The Hall–Kier alpha value is -1.43. The zero-order valence-corrected chi connectivity index (χ0v) is 9.48. The second kappa shape index (κ2) is 3.55. The molecule has 5 nitrogen and oxygen atoms in total. The van der Waals surface area contributed by atoms with Crippen molar-refractivity contribution < 1.29 is 13.3 Å². The van der Waals surface area contributed by atoms with Gasteiger partial charge in [0, 0.05) is 24.3 Å². The van der Waals surface area contributed by atoms with Crippen molar-refractivity contribution in [1.29, 1.82) is 0 Å². The molecule has 0 amide bonds. The van der Waals surface area contributed by atoms with Gasteiger partial charge in [0.1, 0.15) is 0 Å². The highest BCUT2D eigenvalue weighted by Crippen LogP contribution is 2.46. The van der Waals surface area contributed by atoms with Gasteiger partial charge in [-0.15, -0.1) is 0 Å². The number of nitro benzene ring substituents is 1. The van der Waals surface area contributed by atoms with Gasteiger partial charge < -0.3 is 0 Å². The molecule has 0 radical (unpaired) electrons. The van der Waals surface area contributed by atoms with Crippen LogP contribution in [-0.4, -0.2) is 24.8 Å². The number of hydrogen-bond donors (Lipinski definition) is 0. The molecule has 0 heterocycles. The molecule has 0 aliphatic heterocycles. The summed E-state index contributed by atoms with van der Waals surface area (Å²) in [4.78, 5) is 10.1. The Morgan fingerprint density at radius 1 is 1.44 bits per heavy atom. The number of sulfone groups is 1. The second-order valence-corrected chi connectivity index (χ2v) is 6.33. The molecule has 0 bridgehead atoms. The summed E-state index contributed by atoms with van der Waals surface area (Å²) in [5.74, 6) is -0.0742. The highest BCUT2D eigenvalue weighted by molar-refractivity contribution is 7.91. The van der Waals surface area contributed by atoms with E-state index in [1.54, 1.807) is 12.1 Å². The fourth-order valence-electron chi connectivity index (χ4n) is 1.86. The van der Waals surface area contributed by atoms with Gasteiger partial charge in [-0.25, -0.2) is 8.42 Å². The van der Waals surface area contributed by atoms with Crippen molar-refractivity contribution in [2.45, 2.75) is 17.6 Å². The highest BCUT2D eigenvalue weighted by Gasteiger charge is 2.46. The monoisotopic (exact) mass is 241 g/mol. The lowest BCUT2D eigenvalue weighted by molar-refractivity contribution is -0.384. The van der Waals surface area contributed by atoms with E-state index in [4.69, 9.17) is 0 Å². The van der Waals surface area contributed by atoms with Crippen molar-refractivity contribution in [3.05, 3.63) is 39.9 Å². The van der Waals surface area contributed by atoms with E-state index in [0.717, 1.165) is 5.56 Å². The molecule has 1 aromatic rings. The number of non-ortho nitro benzene ring substituents is 1. The van der Waals surface area contributed by atoms with Gasteiger partial charge in [0.15, 0.2) is 9.84 Å². The molecular formula is C10H11NO4S. The van der Waals surface area contributed by atoms with Gasteiger partial charge in [0.05, 0.1) is 10.2 Å². The molecule has 86 valence electrons. The molecule has 1 aliphatic carbocycles. The van der Waals surface area contributed by atoms with Crippen LogP contribution < -0.4 is 0 Å². The van der Waals surface area contributed by atoms with E-state index in [0.29, 0.717) is 6.42 Å². The van der Waals surface area contributed by atoms with Crippen molar-refractivity contribution in [3.63, 3.8) is 0 Å². The topological polar surface area (TPSA) is 77.3 Å². The third kappa shape index (κ3) is 2.06. The average molecular weight is 241 g/mol. The summed E-state index contributed by atoms with van der Waals surface area (Å²) in [5.41, 5.74) is 0.751. The molecule has 2 atom stereocenters. The van der Waals surface area contributed by atoms with Crippen LogP contribution in [0.1, 0.15) is 17.9 Å². The molecule has 16 heavy (non-hydrogen) atoms. The van der Waals surface area contributed by atoms with E-state index in [-0.39, 0.29) is 16.9 Å². The molecule has 1 aromatic carbocycles. The van der Waals surface area contributed by atoms with Gasteiger partial charge in [-0.1, -0.05) is 12.1 Å². The molecule has 6 heteroatoms. The minimum absolute atomic E-state index is 0.0108. The summed E-state index contributed by atoms with van der Waals surface area (Å²) < 4.78 is 22.5. The maximum Gasteiger partial charge on any atom is 0.269 e. The van der Waals surface area contributed by atoms with Gasteiger partial charge in [-0.3, -0.25) is 10.1 Å². The smallest absolute Gasteiger partial charge is 0.258 e. The van der Waals surface area contributed by atoms with Gasteiger partial charge in [-0.2, -0.15) is 0 Å². The Labute approximate surface area is 93.2 Å². The normalized spacial score (nSPS) is 24.1. The SMILES string of the molecule is CS(=O)(=O)C1CC1c1cccc([N+](=O)[O-])c1. The molecule has 2 rings (SSSR count). The Bertz CT molecular complexity index is 538. The average Bonchev–Trinajstić information content (AvgIpc) is 2.96. The molecule has 0 saturated heterocycles. The highest BCUT2D eigenvalue weighted by atomic mass is 32.2. The molecule has 1 saturated carbocycles. The van der Waals surface area contributed by atoms with Crippen molar-refractivity contribution in [3.8, 4) is 0 Å². The molecule has 0 spiro atoms.